The highest BCUT2D eigenvalue weighted by Crippen LogP contribution is 2.24. The molecule has 1 aliphatic rings. The molecule has 2 rings (SSSR count). The van der Waals surface area contributed by atoms with Gasteiger partial charge >= 0.3 is 0 Å². The minimum absolute atomic E-state index is 0.213. The van der Waals surface area contributed by atoms with Gasteiger partial charge in [0.15, 0.2) is 0 Å². The van der Waals surface area contributed by atoms with E-state index in [0.29, 0.717) is 24.1 Å². The van der Waals surface area contributed by atoms with Crippen molar-refractivity contribution in [3.8, 4) is 6.07 Å². The zero-order valence-electron chi connectivity index (χ0n) is 11.6. The first kappa shape index (κ1) is 15.0. The van der Waals surface area contributed by atoms with Gasteiger partial charge in [0.2, 0.25) is 0 Å². The molecule has 3 atom stereocenters. The Morgan fingerprint density at radius 1 is 1.25 bits per heavy atom. The molecule has 0 amide bonds. The van der Waals surface area contributed by atoms with Crippen molar-refractivity contribution in [1.82, 2.24) is 5.32 Å². The highest BCUT2D eigenvalue weighted by Gasteiger charge is 2.24. The fourth-order valence-corrected chi connectivity index (χ4v) is 2.86. The van der Waals surface area contributed by atoms with E-state index >= 15 is 0 Å². The molecule has 4 nitrogen and oxygen atoms in total. The lowest BCUT2D eigenvalue weighted by Gasteiger charge is -2.31. The minimum atomic E-state index is -0.580. The molecule has 0 bridgehead atoms. The number of hydrogen-bond donors (Lipinski definition) is 3. The lowest BCUT2D eigenvalue weighted by Crippen LogP contribution is -2.41. The summed E-state index contributed by atoms with van der Waals surface area (Å²) in [6, 6.07) is 9.37. The fraction of sp³-hybridized carbons (Fsp3) is 0.562. The lowest BCUT2D eigenvalue weighted by molar-refractivity contribution is 0.127. The predicted octanol–water partition coefficient (Wildman–Crippen LogP) is 1.73. The molecule has 1 saturated carbocycles. The summed E-state index contributed by atoms with van der Waals surface area (Å²) in [5.74, 6) is 0.303. The maximum absolute atomic E-state index is 10.2. The van der Waals surface area contributed by atoms with Gasteiger partial charge in [0.1, 0.15) is 0 Å². The average molecular weight is 274 g/mol. The Balaban J connectivity index is 1.87. The van der Waals surface area contributed by atoms with E-state index in [-0.39, 0.29) is 6.61 Å². The largest absolute Gasteiger partial charge is 0.396 e. The molecule has 0 heterocycles. The molecule has 0 spiro atoms. The van der Waals surface area contributed by atoms with Gasteiger partial charge in [0.05, 0.1) is 17.7 Å². The van der Waals surface area contributed by atoms with Crippen molar-refractivity contribution in [2.24, 2.45) is 5.92 Å². The van der Waals surface area contributed by atoms with Crippen molar-refractivity contribution in [2.45, 2.75) is 37.8 Å². The van der Waals surface area contributed by atoms with E-state index in [9.17, 15) is 10.2 Å². The van der Waals surface area contributed by atoms with Gasteiger partial charge < -0.3 is 15.5 Å². The highest BCUT2D eigenvalue weighted by atomic mass is 16.3. The van der Waals surface area contributed by atoms with Crippen LogP contribution in [0.1, 0.15) is 42.9 Å². The molecular weight excluding hydrogens is 252 g/mol. The second-order valence-corrected chi connectivity index (χ2v) is 5.49. The van der Waals surface area contributed by atoms with E-state index in [4.69, 9.17) is 5.26 Å². The number of nitrogens with one attached hydrogen (secondary N) is 1. The number of rotatable bonds is 5. The Bertz CT molecular complexity index is 453. The van der Waals surface area contributed by atoms with Crippen LogP contribution in [0.25, 0.3) is 0 Å². The van der Waals surface area contributed by atoms with E-state index in [1.54, 1.807) is 24.3 Å². The third-order valence-electron chi connectivity index (χ3n) is 4.14. The third-order valence-corrected chi connectivity index (χ3v) is 4.14. The van der Waals surface area contributed by atoms with E-state index in [0.717, 1.165) is 18.4 Å². The van der Waals surface area contributed by atoms with Crippen LogP contribution in [0.5, 0.6) is 0 Å². The predicted molar refractivity (Wildman–Crippen MR) is 77.0 cm³/mol. The van der Waals surface area contributed by atoms with Crippen molar-refractivity contribution in [1.29, 1.82) is 5.26 Å². The van der Waals surface area contributed by atoms with E-state index in [2.05, 4.69) is 11.4 Å². The first-order valence-electron chi connectivity index (χ1n) is 7.27. The van der Waals surface area contributed by atoms with Crippen LogP contribution in [0, 0.1) is 17.2 Å². The molecule has 0 saturated heterocycles. The maximum Gasteiger partial charge on any atom is 0.0991 e. The molecular formula is C16H22N2O2. The van der Waals surface area contributed by atoms with Crippen LogP contribution in [0.15, 0.2) is 24.3 Å². The summed E-state index contributed by atoms with van der Waals surface area (Å²) in [5.41, 5.74) is 1.41. The number of hydrogen-bond acceptors (Lipinski definition) is 4. The topological polar surface area (TPSA) is 76.3 Å². The van der Waals surface area contributed by atoms with Gasteiger partial charge in [-0.1, -0.05) is 25.0 Å². The Hall–Kier alpha value is -1.41. The first-order chi connectivity index (χ1) is 9.74. The molecule has 1 aliphatic carbocycles. The molecule has 3 N–H and O–H groups in total. The smallest absolute Gasteiger partial charge is 0.0991 e. The van der Waals surface area contributed by atoms with E-state index in [1.807, 2.05) is 0 Å². The van der Waals surface area contributed by atoms with Crippen LogP contribution in [0.2, 0.25) is 0 Å². The molecule has 0 aliphatic heterocycles. The van der Waals surface area contributed by atoms with Crippen LogP contribution in [0.4, 0.5) is 0 Å². The van der Waals surface area contributed by atoms with Gasteiger partial charge in [-0.25, -0.2) is 0 Å². The molecule has 20 heavy (non-hydrogen) atoms. The van der Waals surface area contributed by atoms with Crippen LogP contribution < -0.4 is 5.32 Å². The summed E-state index contributed by atoms with van der Waals surface area (Å²) in [5, 5.41) is 31.7. The second-order valence-electron chi connectivity index (χ2n) is 5.49. The van der Waals surface area contributed by atoms with E-state index < -0.39 is 6.10 Å². The molecule has 4 heteroatoms. The number of nitrogens with zero attached hydrogens (tertiary/aromatic N) is 1. The quantitative estimate of drug-likeness (QED) is 0.764. The Labute approximate surface area is 120 Å². The van der Waals surface area contributed by atoms with Gasteiger partial charge in [-0.3, -0.25) is 0 Å². The third kappa shape index (κ3) is 3.80. The molecule has 108 valence electrons. The Morgan fingerprint density at radius 3 is 2.60 bits per heavy atom. The monoisotopic (exact) mass is 274 g/mol. The number of benzene rings is 1. The van der Waals surface area contributed by atoms with Gasteiger partial charge in [-0.15, -0.1) is 0 Å². The van der Waals surface area contributed by atoms with E-state index in [1.165, 1.54) is 12.8 Å². The second kappa shape index (κ2) is 7.39. The molecule has 1 aromatic carbocycles. The van der Waals surface area contributed by atoms with Crippen LogP contribution in [-0.4, -0.2) is 29.4 Å². The molecule has 1 aromatic rings. The molecule has 0 aromatic heterocycles. The summed E-state index contributed by atoms with van der Waals surface area (Å²) >= 11 is 0. The first-order valence-corrected chi connectivity index (χ1v) is 7.27. The zero-order chi connectivity index (χ0) is 14.4. The van der Waals surface area contributed by atoms with Crippen molar-refractivity contribution in [3.05, 3.63) is 35.4 Å². The fourth-order valence-electron chi connectivity index (χ4n) is 2.86. The zero-order valence-corrected chi connectivity index (χ0v) is 11.6. The van der Waals surface area contributed by atoms with Crippen molar-refractivity contribution < 1.29 is 10.2 Å². The van der Waals surface area contributed by atoms with Crippen LogP contribution in [0.3, 0.4) is 0 Å². The molecule has 1 fully saturated rings. The van der Waals surface area contributed by atoms with Crippen molar-refractivity contribution in [3.63, 3.8) is 0 Å². The SMILES string of the molecule is N#Cc1ccc(C(O)CNC2CCCCC2CO)cc1. The van der Waals surface area contributed by atoms with Gasteiger partial charge in [-0.2, -0.15) is 5.26 Å². The van der Waals surface area contributed by atoms with Crippen molar-refractivity contribution in [2.75, 3.05) is 13.2 Å². The van der Waals surface area contributed by atoms with Gasteiger partial charge in [0, 0.05) is 19.2 Å². The van der Waals surface area contributed by atoms with Gasteiger partial charge in [-0.05, 0) is 36.5 Å². The summed E-state index contributed by atoms with van der Waals surface area (Å²) in [6.07, 6.45) is 3.90. The molecule has 0 radical (unpaired) electrons. The number of aliphatic hydroxyl groups is 2. The summed E-state index contributed by atoms with van der Waals surface area (Å²) in [6.45, 7) is 0.692. The lowest BCUT2D eigenvalue weighted by atomic mass is 9.85. The summed E-state index contributed by atoms with van der Waals surface area (Å²) in [4.78, 5) is 0. The maximum atomic E-state index is 10.2. The number of aliphatic hydroxyl groups excluding tert-OH is 2. The highest BCUT2D eigenvalue weighted by molar-refractivity contribution is 5.32. The normalized spacial score (nSPS) is 24.1. The minimum Gasteiger partial charge on any atom is -0.396 e. The Kier molecular flexibility index (Phi) is 5.54. The van der Waals surface area contributed by atoms with Gasteiger partial charge in [0.25, 0.3) is 0 Å². The van der Waals surface area contributed by atoms with Crippen LogP contribution >= 0.6 is 0 Å². The summed E-state index contributed by atoms with van der Waals surface area (Å²) in [7, 11) is 0. The Morgan fingerprint density at radius 2 is 1.95 bits per heavy atom. The number of nitriles is 1. The average Bonchev–Trinajstić information content (AvgIpc) is 2.53. The standard InChI is InChI=1S/C16H22N2O2/c17-9-12-5-7-13(8-6-12)16(20)10-18-15-4-2-1-3-14(15)11-19/h5-8,14-16,18-20H,1-4,10-11H2. The van der Waals surface area contributed by atoms with Crippen molar-refractivity contribution >= 4 is 0 Å². The summed E-state index contributed by atoms with van der Waals surface area (Å²) < 4.78 is 0. The molecule has 3 unspecified atom stereocenters. The van der Waals surface area contributed by atoms with Crippen LogP contribution in [-0.2, 0) is 0 Å².